The minimum atomic E-state index is -3.52. The van der Waals surface area contributed by atoms with Gasteiger partial charge < -0.3 is 14.4 Å². The van der Waals surface area contributed by atoms with Gasteiger partial charge in [0.05, 0.1) is 19.1 Å². The molecule has 9 heteroatoms. The van der Waals surface area contributed by atoms with E-state index in [2.05, 4.69) is 0 Å². The van der Waals surface area contributed by atoms with Crippen molar-refractivity contribution in [3.05, 3.63) is 53.6 Å². The summed E-state index contributed by atoms with van der Waals surface area (Å²) in [6.45, 7) is 2.29. The summed E-state index contributed by atoms with van der Waals surface area (Å²) in [7, 11) is -0.338. The lowest BCUT2D eigenvalue weighted by Crippen LogP contribution is -2.44. The Labute approximate surface area is 195 Å². The molecule has 1 amide bonds. The fourth-order valence-electron chi connectivity index (χ4n) is 4.35. The standard InChI is InChI=1S/C23H28N2O5S.ClH/c1-29-19-3-6-21(7-4-19)31(27,28)25-13-9-17(10-14-25)16-24-12-11-18-15-20(30-2)5-8-22(18)23(24)26;/h3-8,15,17H,9-14,16H2,1-2H3;1H. The molecule has 1 fully saturated rings. The van der Waals surface area contributed by atoms with Gasteiger partial charge in [0, 0.05) is 31.7 Å². The van der Waals surface area contributed by atoms with Gasteiger partial charge in [0.15, 0.2) is 0 Å². The lowest BCUT2D eigenvalue weighted by atomic mass is 9.94. The van der Waals surface area contributed by atoms with E-state index < -0.39 is 10.0 Å². The molecule has 0 spiro atoms. The summed E-state index contributed by atoms with van der Waals surface area (Å²) in [5.74, 6) is 1.75. The zero-order valence-electron chi connectivity index (χ0n) is 18.3. The van der Waals surface area contributed by atoms with Crippen LogP contribution in [0.3, 0.4) is 0 Å². The van der Waals surface area contributed by atoms with Crippen LogP contribution in [0.5, 0.6) is 11.5 Å². The maximum atomic E-state index is 12.9. The van der Waals surface area contributed by atoms with Crippen LogP contribution in [-0.4, -0.2) is 63.9 Å². The second kappa shape index (κ2) is 10.1. The van der Waals surface area contributed by atoms with Crippen LogP contribution in [0.1, 0.15) is 28.8 Å². The number of ether oxygens (including phenoxy) is 2. The first-order valence-electron chi connectivity index (χ1n) is 10.5. The van der Waals surface area contributed by atoms with Gasteiger partial charge in [0.2, 0.25) is 10.0 Å². The Morgan fingerprint density at radius 2 is 1.56 bits per heavy atom. The van der Waals surface area contributed by atoms with Crippen molar-refractivity contribution < 1.29 is 22.7 Å². The number of methoxy groups -OCH3 is 2. The molecule has 32 heavy (non-hydrogen) atoms. The second-order valence-electron chi connectivity index (χ2n) is 8.05. The first-order valence-corrected chi connectivity index (χ1v) is 12.0. The van der Waals surface area contributed by atoms with E-state index in [0.717, 1.165) is 36.1 Å². The molecule has 0 atom stereocenters. The molecule has 4 rings (SSSR count). The van der Waals surface area contributed by atoms with Gasteiger partial charge in [-0.2, -0.15) is 4.31 Å². The number of carbonyl (C=O) groups excluding carboxylic acids is 1. The Morgan fingerprint density at radius 3 is 2.19 bits per heavy atom. The highest BCUT2D eigenvalue weighted by Gasteiger charge is 2.32. The molecule has 0 aromatic heterocycles. The topological polar surface area (TPSA) is 76.2 Å². The maximum Gasteiger partial charge on any atom is 0.254 e. The van der Waals surface area contributed by atoms with Gasteiger partial charge in [0.1, 0.15) is 11.5 Å². The van der Waals surface area contributed by atoms with Crippen LogP contribution in [0.15, 0.2) is 47.4 Å². The molecule has 1 saturated heterocycles. The van der Waals surface area contributed by atoms with E-state index in [1.807, 2.05) is 23.1 Å². The first-order chi connectivity index (χ1) is 14.9. The fourth-order valence-corrected chi connectivity index (χ4v) is 5.82. The molecule has 2 aromatic rings. The molecular formula is C23H29ClN2O5S. The van der Waals surface area contributed by atoms with Crippen molar-refractivity contribution in [3.63, 3.8) is 0 Å². The Hall–Kier alpha value is -2.29. The van der Waals surface area contributed by atoms with Gasteiger partial charge in [-0.15, -0.1) is 12.4 Å². The summed E-state index contributed by atoms with van der Waals surface area (Å²) >= 11 is 0. The number of nitrogens with zero attached hydrogens (tertiary/aromatic N) is 2. The van der Waals surface area contributed by atoms with Crippen molar-refractivity contribution in [3.8, 4) is 11.5 Å². The normalized spacial score (nSPS) is 17.4. The number of fused-ring (bicyclic) bond motifs is 1. The summed E-state index contributed by atoms with van der Waals surface area (Å²) in [5.41, 5.74) is 1.77. The molecule has 2 aromatic carbocycles. The van der Waals surface area contributed by atoms with Gasteiger partial charge >= 0.3 is 0 Å². The zero-order valence-corrected chi connectivity index (χ0v) is 20.0. The van der Waals surface area contributed by atoms with Gasteiger partial charge in [-0.25, -0.2) is 8.42 Å². The number of hydrogen-bond donors (Lipinski definition) is 0. The number of rotatable bonds is 6. The molecule has 2 aliphatic heterocycles. The summed E-state index contributed by atoms with van der Waals surface area (Å²) < 4.78 is 37.8. The number of amides is 1. The molecule has 0 saturated carbocycles. The van der Waals surface area contributed by atoms with Crippen LogP contribution in [0, 0.1) is 5.92 Å². The fraction of sp³-hybridized carbons (Fsp3) is 0.435. The number of piperidine rings is 1. The molecule has 174 valence electrons. The van der Waals surface area contributed by atoms with Crippen molar-refractivity contribution in [2.24, 2.45) is 5.92 Å². The number of hydrogen-bond acceptors (Lipinski definition) is 5. The smallest absolute Gasteiger partial charge is 0.254 e. The first kappa shape index (κ1) is 24.4. The molecule has 0 unspecified atom stereocenters. The Balaban J connectivity index is 0.00000289. The minimum absolute atomic E-state index is 0. The number of sulfonamides is 1. The van der Waals surface area contributed by atoms with Crippen LogP contribution in [-0.2, 0) is 16.4 Å². The molecule has 0 radical (unpaired) electrons. The summed E-state index contributed by atoms with van der Waals surface area (Å²) in [5, 5.41) is 0. The monoisotopic (exact) mass is 480 g/mol. The SMILES string of the molecule is COc1ccc(S(=O)(=O)N2CCC(CN3CCc4cc(OC)ccc4C3=O)CC2)cc1.Cl. The van der Waals surface area contributed by atoms with Crippen molar-refractivity contribution in [2.45, 2.75) is 24.2 Å². The summed E-state index contributed by atoms with van der Waals surface area (Å²) in [4.78, 5) is 15.1. The van der Waals surface area contributed by atoms with Gasteiger partial charge in [0.25, 0.3) is 5.91 Å². The molecular weight excluding hydrogens is 452 g/mol. The van der Waals surface area contributed by atoms with Crippen molar-refractivity contribution >= 4 is 28.3 Å². The van der Waals surface area contributed by atoms with E-state index in [1.165, 1.54) is 0 Å². The van der Waals surface area contributed by atoms with Gasteiger partial charge in [-0.3, -0.25) is 4.79 Å². The number of carbonyl (C=O) groups is 1. The highest BCUT2D eigenvalue weighted by atomic mass is 35.5. The second-order valence-corrected chi connectivity index (χ2v) is 9.99. The largest absolute Gasteiger partial charge is 0.497 e. The Morgan fingerprint density at radius 1 is 0.938 bits per heavy atom. The zero-order chi connectivity index (χ0) is 22.0. The highest BCUT2D eigenvalue weighted by Crippen LogP contribution is 2.28. The van der Waals surface area contributed by atoms with Crippen LogP contribution in [0.2, 0.25) is 0 Å². The summed E-state index contributed by atoms with van der Waals surface area (Å²) in [6, 6.07) is 12.1. The van der Waals surface area contributed by atoms with E-state index in [-0.39, 0.29) is 23.2 Å². The van der Waals surface area contributed by atoms with Gasteiger partial charge in [-0.05, 0) is 73.2 Å². The lowest BCUT2D eigenvalue weighted by molar-refractivity contribution is 0.0690. The van der Waals surface area contributed by atoms with Crippen molar-refractivity contribution in [1.82, 2.24) is 9.21 Å². The molecule has 7 nitrogen and oxygen atoms in total. The van der Waals surface area contributed by atoms with Crippen molar-refractivity contribution in [1.29, 1.82) is 0 Å². The minimum Gasteiger partial charge on any atom is -0.497 e. The van der Waals surface area contributed by atoms with Crippen LogP contribution < -0.4 is 9.47 Å². The predicted octanol–water partition coefficient (Wildman–Crippen LogP) is 3.22. The average Bonchev–Trinajstić information content (AvgIpc) is 2.81. The van der Waals surface area contributed by atoms with E-state index >= 15 is 0 Å². The van der Waals surface area contributed by atoms with E-state index in [0.29, 0.717) is 37.8 Å². The van der Waals surface area contributed by atoms with Gasteiger partial charge in [-0.1, -0.05) is 0 Å². The molecule has 0 bridgehead atoms. The Bertz CT molecular complexity index is 1050. The molecule has 0 aliphatic carbocycles. The van der Waals surface area contributed by atoms with Crippen LogP contribution in [0.4, 0.5) is 0 Å². The van der Waals surface area contributed by atoms with E-state index in [9.17, 15) is 13.2 Å². The summed E-state index contributed by atoms with van der Waals surface area (Å²) in [6.07, 6.45) is 2.30. The third-order valence-electron chi connectivity index (χ3n) is 6.23. The maximum absolute atomic E-state index is 12.9. The average molecular weight is 481 g/mol. The van der Waals surface area contributed by atoms with Crippen LogP contribution >= 0.6 is 12.4 Å². The van der Waals surface area contributed by atoms with Crippen molar-refractivity contribution in [2.75, 3.05) is 40.4 Å². The highest BCUT2D eigenvalue weighted by molar-refractivity contribution is 7.89. The molecule has 2 aliphatic rings. The lowest BCUT2D eigenvalue weighted by Gasteiger charge is -2.36. The van der Waals surface area contributed by atoms with E-state index in [1.54, 1.807) is 42.8 Å². The third-order valence-corrected chi connectivity index (χ3v) is 8.14. The Kier molecular flexibility index (Phi) is 7.69. The number of halogens is 1. The molecule has 0 N–H and O–H groups in total. The molecule has 2 heterocycles. The predicted molar refractivity (Wildman–Crippen MR) is 124 cm³/mol. The van der Waals surface area contributed by atoms with Crippen LogP contribution in [0.25, 0.3) is 0 Å². The third kappa shape index (κ3) is 4.87. The van der Waals surface area contributed by atoms with E-state index in [4.69, 9.17) is 9.47 Å². The number of benzene rings is 2. The quantitative estimate of drug-likeness (QED) is 0.634.